The van der Waals surface area contributed by atoms with Gasteiger partial charge in [0.1, 0.15) is 0 Å². The summed E-state index contributed by atoms with van der Waals surface area (Å²) in [5.74, 6) is -0.186. The lowest BCUT2D eigenvalue weighted by molar-refractivity contribution is -0.138. The second kappa shape index (κ2) is 4.52. The van der Waals surface area contributed by atoms with Gasteiger partial charge in [-0.2, -0.15) is 0 Å². The van der Waals surface area contributed by atoms with E-state index in [1.165, 1.54) is 11.1 Å². The van der Waals surface area contributed by atoms with Crippen molar-refractivity contribution < 1.29 is 9.53 Å². The van der Waals surface area contributed by atoms with Crippen LogP contribution in [0.1, 0.15) is 31.4 Å². The number of hydrogen-bond donors (Lipinski definition) is 0. The molecule has 0 saturated heterocycles. The minimum Gasteiger partial charge on any atom is -0.463 e. The Labute approximate surface area is 95.9 Å². The number of carbonyl (C=O) groups excluding carboxylic acids is 1. The molecule has 0 spiro atoms. The zero-order valence-electron chi connectivity index (χ0n) is 9.75. The van der Waals surface area contributed by atoms with E-state index in [0.717, 1.165) is 24.0 Å². The molecule has 0 bridgehead atoms. The first-order valence-electron chi connectivity index (χ1n) is 5.69. The lowest BCUT2D eigenvalue weighted by Crippen LogP contribution is -2.06. The van der Waals surface area contributed by atoms with Crippen LogP contribution in [-0.2, 0) is 16.0 Å². The average Bonchev–Trinajstić information content (AvgIpc) is 2.72. The van der Waals surface area contributed by atoms with Gasteiger partial charge in [-0.15, -0.1) is 0 Å². The number of carbonyl (C=O) groups is 1. The highest BCUT2D eigenvalue weighted by molar-refractivity contribution is 5.98. The second-order valence-corrected chi connectivity index (χ2v) is 3.98. The van der Waals surface area contributed by atoms with Crippen molar-refractivity contribution >= 4 is 11.5 Å². The molecule has 1 aromatic carbocycles. The van der Waals surface area contributed by atoms with Crippen molar-refractivity contribution in [1.82, 2.24) is 0 Å². The Hall–Kier alpha value is -1.57. The SMILES string of the molecule is CCOC(=O)/C(C)=C1/CCc2ccccc21. The number of ether oxygens (including phenoxy) is 1. The fourth-order valence-corrected chi connectivity index (χ4v) is 2.18. The molecule has 0 atom stereocenters. The molecule has 0 unspecified atom stereocenters. The van der Waals surface area contributed by atoms with Crippen LogP contribution in [0.2, 0.25) is 0 Å². The quantitative estimate of drug-likeness (QED) is 0.561. The number of fused-ring (bicyclic) bond motifs is 1. The summed E-state index contributed by atoms with van der Waals surface area (Å²) in [6, 6.07) is 8.27. The van der Waals surface area contributed by atoms with Crippen LogP contribution in [0.25, 0.3) is 5.57 Å². The molecule has 2 heteroatoms. The number of allylic oxidation sites excluding steroid dienone is 1. The highest BCUT2D eigenvalue weighted by Gasteiger charge is 2.20. The van der Waals surface area contributed by atoms with Crippen LogP contribution < -0.4 is 0 Å². The third-order valence-corrected chi connectivity index (χ3v) is 3.02. The third kappa shape index (κ3) is 1.87. The molecule has 0 saturated carbocycles. The van der Waals surface area contributed by atoms with Crippen molar-refractivity contribution in [3.05, 3.63) is 41.0 Å². The molecule has 16 heavy (non-hydrogen) atoms. The second-order valence-electron chi connectivity index (χ2n) is 3.98. The van der Waals surface area contributed by atoms with Gasteiger partial charge in [0.2, 0.25) is 0 Å². The normalized spacial score (nSPS) is 16.9. The highest BCUT2D eigenvalue weighted by Crippen LogP contribution is 2.34. The van der Waals surface area contributed by atoms with E-state index in [2.05, 4.69) is 12.1 Å². The first-order chi connectivity index (χ1) is 7.74. The number of hydrogen-bond acceptors (Lipinski definition) is 2. The van der Waals surface area contributed by atoms with Crippen LogP contribution in [0.3, 0.4) is 0 Å². The Morgan fingerprint density at radius 1 is 1.31 bits per heavy atom. The average molecular weight is 216 g/mol. The number of benzene rings is 1. The largest absolute Gasteiger partial charge is 0.463 e. The summed E-state index contributed by atoms with van der Waals surface area (Å²) in [5, 5.41) is 0. The van der Waals surface area contributed by atoms with Crippen molar-refractivity contribution in [2.45, 2.75) is 26.7 Å². The molecule has 1 aliphatic carbocycles. The van der Waals surface area contributed by atoms with E-state index in [9.17, 15) is 4.79 Å². The summed E-state index contributed by atoms with van der Waals surface area (Å²) in [4.78, 5) is 11.7. The molecule has 0 radical (unpaired) electrons. The van der Waals surface area contributed by atoms with Gasteiger partial charge in [0.25, 0.3) is 0 Å². The lowest BCUT2D eigenvalue weighted by atomic mass is 10.0. The van der Waals surface area contributed by atoms with Crippen LogP contribution in [0.5, 0.6) is 0 Å². The van der Waals surface area contributed by atoms with Crippen molar-refractivity contribution in [3.63, 3.8) is 0 Å². The molecule has 0 aliphatic heterocycles. The van der Waals surface area contributed by atoms with Crippen molar-refractivity contribution in [2.24, 2.45) is 0 Å². The molecule has 1 aliphatic rings. The molecule has 0 heterocycles. The van der Waals surface area contributed by atoms with Crippen molar-refractivity contribution in [3.8, 4) is 0 Å². The molecule has 84 valence electrons. The number of esters is 1. The van der Waals surface area contributed by atoms with Crippen LogP contribution in [0.4, 0.5) is 0 Å². The van der Waals surface area contributed by atoms with E-state index in [1.54, 1.807) is 0 Å². The van der Waals surface area contributed by atoms with Crippen molar-refractivity contribution in [1.29, 1.82) is 0 Å². The minimum atomic E-state index is -0.186. The van der Waals surface area contributed by atoms with Gasteiger partial charge in [-0.3, -0.25) is 0 Å². The minimum absolute atomic E-state index is 0.186. The number of rotatable bonds is 2. The monoisotopic (exact) mass is 216 g/mol. The molecule has 0 amide bonds. The van der Waals surface area contributed by atoms with Crippen LogP contribution in [-0.4, -0.2) is 12.6 Å². The molecule has 0 N–H and O–H groups in total. The van der Waals surface area contributed by atoms with Crippen LogP contribution >= 0.6 is 0 Å². The van der Waals surface area contributed by atoms with Gasteiger partial charge in [-0.05, 0) is 43.4 Å². The topological polar surface area (TPSA) is 26.3 Å². The standard InChI is InChI=1S/C14H16O2/c1-3-16-14(15)10(2)12-9-8-11-6-4-5-7-13(11)12/h4-7H,3,8-9H2,1-2H3/b12-10-. The van der Waals surface area contributed by atoms with Crippen molar-refractivity contribution in [2.75, 3.05) is 6.61 Å². The molecule has 0 fully saturated rings. The summed E-state index contributed by atoms with van der Waals surface area (Å²) >= 11 is 0. The summed E-state index contributed by atoms with van der Waals surface area (Å²) in [7, 11) is 0. The Balaban J connectivity index is 2.36. The number of aryl methyl sites for hydroxylation is 1. The third-order valence-electron chi connectivity index (χ3n) is 3.02. The lowest BCUT2D eigenvalue weighted by Gasteiger charge is -2.06. The van der Waals surface area contributed by atoms with Gasteiger partial charge in [0, 0.05) is 5.57 Å². The van der Waals surface area contributed by atoms with Gasteiger partial charge in [-0.25, -0.2) is 4.79 Å². The maximum absolute atomic E-state index is 11.7. The maximum Gasteiger partial charge on any atom is 0.333 e. The van der Waals surface area contributed by atoms with E-state index >= 15 is 0 Å². The molecule has 0 aromatic heterocycles. The van der Waals surface area contributed by atoms with Gasteiger partial charge < -0.3 is 4.74 Å². The Bertz CT molecular complexity index is 444. The molecule has 2 rings (SSSR count). The summed E-state index contributed by atoms with van der Waals surface area (Å²) in [6.45, 7) is 4.12. The highest BCUT2D eigenvalue weighted by atomic mass is 16.5. The maximum atomic E-state index is 11.7. The predicted octanol–water partition coefficient (Wildman–Crippen LogP) is 2.97. The van der Waals surface area contributed by atoms with E-state index in [-0.39, 0.29) is 5.97 Å². The van der Waals surface area contributed by atoms with Gasteiger partial charge in [0.15, 0.2) is 0 Å². The van der Waals surface area contributed by atoms with E-state index < -0.39 is 0 Å². The fraction of sp³-hybridized carbons (Fsp3) is 0.357. The smallest absolute Gasteiger partial charge is 0.333 e. The molecular weight excluding hydrogens is 200 g/mol. The molecule has 2 nitrogen and oxygen atoms in total. The zero-order valence-corrected chi connectivity index (χ0v) is 9.75. The Morgan fingerprint density at radius 2 is 2.06 bits per heavy atom. The fourth-order valence-electron chi connectivity index (χ4n) is 2.18. The van der Waals surface area contributed by atoms with Gasteiger partial charge in [-0.1, -0.05) is 24.3 Å². The van der Waals surface area contributed by atoms with Crippen LogP contribution in [0.15, 0.2) is 29.8 Å². The van der Waals surface area contributed by atoms with Gasteiger partial charge >= 0.3 is 5.97 Å². The van der Waals surface area contributed by atoms with Gasteiger partial charge in [0.05, 0.1) is 6.61 Å². The summed E-state index contributed by atoms with van der Waals surface area (Å²) in [6.07, 6.45) is 1.98. The Morgan fingerprint density at radius 3 is 2.81 bits per heavy atom. The molecule has 1 aromatic rings. The van der Waals surface area contributed by atoms with E-state index in [1.807, 2.05) is 26.0 Å². The molecular formula is C14H16O2. The summed E-state index contributed by atoms with van der Waals surface area (Å²) < 4.78 is 5.03. The van der Waals surface area contributed by atoms with Crippen LogP contribution in [0, 0.1) is 0 Å². The Kier molecular flexibility index (Phi) is 3.09. The summed E-state index contributed by atoms with van der Waals surface area (Å²) in [5.41, 5.74) is 4.45. The predicted molar refractivity (Wildman–Crippen MR) is 64.0 cm³/mol. The first kappa shape index (κ1) is 10.9. The zero-order chi connectivity index (χ0) is 11.5. The van der Waals surface area contributed by atoms with E-state index in [0.29, 0.717) is 6.61 Å². The van der Waals surface area contributed by atoms with E-state index in [4.69, 9.17) is 4.74 Å². The first-order valence-corrected chi connectivity index (χ1v) is 5.69.